The van der Waals surface area contributed by atoms with E-state index < -0.39 is 0 Å². The summed E-state index contributed by atoms with van der Waals surface area (Å²) in [6.07, 6.45) is 4.63. The molecule has 0 spiro atoms. The van der Waals surface area contributed by atoms with Gasteiger partial charge in [-0.25, -0.2) is 4.68 Å². The molecule has 1 aromatic rings. The lowest BCUT2D eigenvalue weighted by molar-refractivity contribution is 0.635. The molecule has 0 unspecified atom stereocenters. The van der Waals surface area contributed by atoms with E-state index in [2.05, 4.69) is 23.1 Å². The number of rotatable bonds is 2. The molecule has 0 saturated heterocycles. The van der Waals surface area contributed by atoms with Gasteiger partial charge < -0.3 is 16.8 Å². The van der Waals surface area contributed by atoms with Gasteiger partial charge in [0.25, 0.3) is 0 Å². The molecule has 5 nitrogen and oxygen atoms in total. The van der Waals surface area contributed by atoms with Gasteiger partial charge in [0.1, 0.15) is 5.82 Å². The molecule has 1 aliphatic rings. The van der Waals surface area contributed by atoms with E-state index in [0.717, 1.165) is 25.2 Å². The quantitative estimate of drug-likeness (QED) is 0.724. The van der Waals surface area contributed by atoms with Crippen LogP contribution in [-0.2, 0) is 19.4 Å². The second-order valence-electron chi connectivity index (χ2n) is 3.79. The number of hydrogen-bond donors (Lipinski definition) is 3. The largest absolute Gasteiger partial charge is 0.376 e. The summed E-state index contributed by atoms with van der Waals surface area (Å²) in [4.78, 5) is 0. The minimum atomic E-state index is 0.318. The van der Waals surface area contributed by atoms with E-state index in [-0.39, 0.29) is 0 Å². The lowest BCUT2D eigenvalue weighted by Gasteiger charge is -2.12. The molecule has 0 saturated carbocycles. The van der Waals surface area contributed by atoms with Gasteiger partial charge in [0.2, 0.25) is 0 Å². The Bertz CT molecular complexity index is 387. The SMILES string of the molecule is CC.CCn1nc2c(c1NC(N)=S)CCCC2.CN. The lowest BCUT2D eigenvalue weighted by Crippen LogP contribution is -2.22. The molecule has 110 valence electrons. The highest BCUT2D eigenvalue weighted by molar-refractivity contribution is 7.80. The Morgan fingerprint density at radius 2 is 1.89 bits per heavy atom. The first kappa shape index (κ1) is 17.9. The van der Waals surface area contributed by atoms with E-state index in [1.807, 2.05) is 18.5 Å². The third-order valence-corrected chi connectivity index (χ3v) is 2.87. The predicted octanol–water partition coefficient (Wildman–Crippen LogP) is 2.04. The molecule has 0 amide bonds. The number of nitrogens with one attached hydrogen (secondary N) is 1. The van der Waals surface area contributed by atoms with Gasteiger partial charge in [-0.1, -0.05) is 13.8 Å². The first-order valence-corrected chi connectivity index (χ1v) is 7.36. The molecule has 6 heteroatoms. The molecule has 2 rings (SSSR count). The van der Waals surface area contributed by atoms with E-state index in [4.69, 9.17) is 18.0 Å². The number of aromatic nitrogens is 2. The molecule has 19 heavy (non-hydrogen) atoms. The van der Waals surface area contributed by atoms with E-state index in [1.165, 1.54) is 31.1 Å². The second kappa shape index (κ2) is 9.75. The fraction of sp³-hybridized carbons (Fsp3) is 0.692. The maximum absolute atomic E-state index is 5.52. The molecule has 0 atom stereocenters. The van der Waals surface area contributed by atoms with E-state index in [1.54, 1.807) is 0 Å². The van der Waals surface area contributed by atoms with Crippen LogP contribution >= 0.6 is 12.2 Å². The Labute approximate surface area is 121 Å². The maximum Gasteiger partial charge on any atom is 0.169 e. The fourth-order valence-corrected chi connectivity index (χ4v) is 2.19. The van der Waals surface area contributed by atoms with Gasteiger partial charge in [0.05, 0.1) is 5.69 Å². The van der Waals surface area contributed by atoms with Crippen molar-refractivity contribution in [3.8, 4) is 0 Å². The van der Waals surface area contributed by atoms with Crippen LogP contribution in [0.1, 0.15) is 44.9 Å². The van der Waals surface area contributed by atoms with Crippen molar-refractivity contribution in [1.82, 2.24) is 9.78 Å². The van der Waals surface area contributed by atoms with Gasteiger partial charge in [-0.05, 0) is 51.9 Å². The summed E-state index contributed by atoms with van der Waals surface area (Å²) >= 11 is 4.88. The van der Waals surface area contributed by atoms with Crippen LogP contribution in [0.4, 0.5) is 5.82 Å². The Kier molecular flexibility index (Phi) is 9.16. The third kappa shape index (κ3) is 4.80. The van der Waals surface area contributed by atoms with Gasteiger partial charge in [-0.15, -0.1) is 0 Å². The van der Waals surface area contributed by atoms with Crippen LogP contribution in [0, 0.1) is 0 Å². The number of anilines is 1. The summed E-state index contributed by atoms with van der Waals surface area (Å²) in [6, 6.07) is 0. The first-order chi connectivity index (χ1) is 9.22. The molecule has 0 fully saturated rings. The van der Waals surface area contributed by atoms with Crippen molar-refractivity contribution in [2.75, 3.05) is 12.4 Å². The zero-order valence-corrected chi connectivity index (χ0v) is 13.3. The topological polar surface area (TPSA) is 81.9 Å². The van der Waals surface area contributed by atoms with Crippen molar-refractivity contribution in [2.24, 2.45) is 11.5 Å². The standard InChI is InChI=1S/C10H16N4S.C2H6.CH5N/c1-2-14-9(12-10(11)15)7-5-3-4-6-8(7)13-14;2*1-2/h2-6H2,1H3,(H3,11,12,15);1-2H3;2H2,1H3. The third-order valence-electron chi connectivity index (χ3n) is 2.77. The van der Waals surface area contributed by atoms with Crippen LogP contribution in [0.2, 0.25) is 0 Å². The highest BCUT2D eigenvalue weighted by atomic mass is 32.1. The summed E-state index contributed by atoms with van der Waals surface area (Å²) in [6.45, 7) is 6.92. The molecular formula is C13H27N5S. The van der Waals surface area contributed by atoms with Crippen LogP contribution < -0.4 is 16.8 Å². The lowest BCUT2D eigenvalue weighted by atomic mass is 9.97. The van der Waals surface area contributed by atoms with Gasteiger partial charge in [-0.3, -0.25) is 0 Å². The van der Waals surface area contributed by atoms with Crippen molar-refractivity contribution in [3.05, 3.63) is 11.3 Å². The Morgan fingerprint density at radius 3 is 2.42 bits per heavy atom. The smallest absolute Gasteiger partial charge is 0.169 e. The van der Waals surface area contributed by atoms with Crippen LogP contribution in [0.25, 0.3) is 0 Å². The number of hydrogen-bond acceptors (Lipinski definition) is 3. The maximum atomic E-state index is 5.52. The minimum Gasteiger partial charge on any atom is -0.376 e. The number of nitrogens with two attached hydrogens (primary N) is 2. The van der Waals surface area contributed by atoms with Crippen LogP contribution in [0.3, 0.4) is 0 Å². The molecule has 0 bridgehead atoms. The van der Waals surface area contributed by atoms with Gasteiger partial charge >= 0.3 is 0 Å². The fourth-order valence-electron chi connectivity index (χ4n) is 2.09. The zero-order chi connectivity index (χ0) is 14.8. The molecular weight excluding hydrogens is 258 g/mol. The normalized spacial score (nSPS) is 12.3. The number of thiocarbonyl (C=S) groups is 1. The molecule has 5 N–H and O–H groups in total. The molecule has 1 aliphatic carbocycles. The molecule has 0 radical (unpaired) electrons. The highest BCUT2D eigenvalue weighted by Gasteiger charge is 2.19. The second-order valence-corrected chi connectivity index (χ2v) is 4.23. The highest BCUT2D eigenvalue weighted by Crippen LogP contribution is 2.27. The van der Waals surface area contributed by atoms with Crippen LogP contribution in [-0.4, -0.2) is 21.9 Å². The van der Waals surface area contributed by atoms with Gasteiger partial charge in [-0.2, -0.15) is 5.10 Å². The monoisotopic (exact) mass is 285 g/mol. The summed E-state index contributed by atoms with van der Waals surface area (Å²) in [7, 11) is 1.50. The van der Waals surface area contributed by atoms with Crippen molar-refractivity contribution < 1.29 is 0 Å². The average molecular weight is 285 g/mol. The molecule has 0 aliphatic heterocycles. The minimum absolute atomic E-state index is 0.318. The zero-order valence-electron chi connectivity index (χ0n) is 12.5. The van der Waals surface area contributed by atoms with Gasteiger partial charge in [0.15, 0.2) is 5.11 Å². The predicted molar refractivity (Wildman–Crippen MR) is 86.4 cm³/mol. The Balaban J connectivity index is 0.000000741. The summed E-state index contributed by atoms with van der Waals surface area (Å²) in [5, 5.41) is 7.92. The van der Waals surface area contributed by atoms with E-state index in [0.29, 0.717) is 5.11 Å². The van der Waals surface area contributed by atoms with Crippen LogP contribution in [0.5, 0.6) is 0 Å². The van der Waals surface area contributed by atoms with E-state index >= 15 is 0 Å². The Morgan fingerprint density at radius 1 is 1.32 bits per heavy atom. The van der Waals surface area contributed by atoms with Crippen LogP contribution in [0.15, 0.2) is 0 Å². The number of nitrogens with zero attached hydrogens (tertiary/aromatic N) is 2. The van der Waals surface area contributed by atoms with E-state index in [9.17, 15) is 0 Å². The number of fused-ring (bicyclic) bond motifs is 1. The average Bonchev–Trinajstić information content (AvgIpc) is 2.81. The van der Waals surface area contributed by atoms with Crippen molar-refractivity contribution >= 4 is 23.1 Å². The Hall–Kier alpha value is -1.14. The summed E-state index contributed by atoms with van der Waals surface area (Å²) in [5.74, 6) is 1.000. The molecule has 0 aromatic carbocycles. The summed E-state index contributed by atoms with van der Waals surface area (Å²) < 4.78 is 1.95. The van der Waals surface area contributed by atoms with Crippen molar-refractivity contribution in [2.45, 2.75) is 53.0 Å². The number of aryl methyl sites for hydroxylation is 2. The molecule has 1 heterocycles. The van der Waals surface area contributed by atoms with Crippen molar-refractivity contribution in [1.29, 1.82) is 0 Å². The summed E-state index contributed by atoms with van der Waals surface area (Å²) in [5.41, 5.74) is 12.5. The van der Waals surface area contributed by atoms with Crippen molar-refractivity contribution in [3.63, 3.8) is 0 Å². The first-order valence-electron chi connectivity index (χ1n) is 6.95. The molecule has 1 aromatic heterocycles. The van der Waals surface area contributed by atoms with Gasteiger partial charge in [0, 0.05) is 12.1 Å².